The number of hydrogen-bond acceptors (Lipinski definition) is 3. The van der Waals surface area contributed by atoms with E-state index in [9.17, 15) is 9.90 Å². The van der Waals surface area contributed by atoms with Crippen LogP contribution in [0.1, 0.15) is 58.8 Å². The van der Waals surface area contributed by atoms with Crippen LogP contribution in [0.25, 0.3) is 0 Å². The lowest BCUT2D eigenvalue weighted by Gasteiger charge is -2.35. The first-order valence-corrected chi connectivity index (χ1v) is 7.59. The number of β-amino-alcohol motifs (C(OH)–C–C–N with tert-alkyl or cyclic N) is 1. The molecule has 1 saturated carbocycles. The maximum Gasteiger partial charge on any atom is 0.137 e. The van der Waals surface area contributed by atoms with Crippen molar-refractivity contribution in [3.63, 3.8) is 0 Å². The predicted molar refractivity (Wildman–Crippen MR) is 72.5 cm³/mol. The van der Waals surface area contributed by atoms with E-state index in [2.05, 4.69) is 18.7 Å². The molecule has 0 aromatic carbocycles. The van der Waals surface area contributed by atoms with Gasteiger partial charge in [-0.3, -0.25) is 9.69 Å². The smallest absolute Gasteiger partial charge is 0.137 e. The van der Waals surface area contributed by atoms with Crippen LogP contribution < -0.4 is 0 Å². The van der Waals surface area contributed by atoms with Gasteiger partial charge in [0.1, 0.15) is 5.78 Å². The van der Waals surface area contributed by atoms with Crippen molar-refractivity contribution in [1.82, 2.24) is 4.90 Å². The first-order valence-electron chi connectivity index (χ1n) is 7.59. The molecule has 0 spiro atoms. The summed E-state index contributed by atoms with van der Waals surface area (Å²) in [6.45, 7) is 5.90. The lowest BCUT2D eigenvalue weighted by atomic mass is 9.92. The first-order chi connectivity index (χ1) is 8.59. The van der Waals surface area contributed by atoms with Crippen molar-refractivity contribution in [3.05, 3.63) is 0 Å². The SMILES string of the molecule is CCC(O)(CC)CN1CCCC1C1CCCC1=O. The van der Waals surface area contributed by atoms with Gasteiger partial charge in [-0.1, -0.05) is 13.8 Å². The Bertz CT molecular complexity index is 299. The molecule has 1 aliphatic heterocycles. The molecule has 2 fully saturated rings. The Morgan fingerprint density at radius 1 is 1.28 bits per heavy atom. The molecule has 2 unspecified atom stereocenters. The van der Waals surface area contributed by atoms with E-state index in [1.54, 1.807) is 0 Å². The van der Waals surface area contributed by atoms with Gasteiger partial charge in [-0.15, -0.1) is 0 Å². The fraction of sp³-hybridized carbons (Fsp3) is 0.933. The topological polar surface area (TPSA) is 40.5 Å². The van der Waals surface area contributed by atoms with Gasteiger partial charge in [0.15, 0.2) is 0 Å². The first kappa shape index (κ1) is 14.0. The Kier molecular flexibility index (Phi) is 4.44. The molecule has 1 N–H and O–H groups in total. The normalized spacial score (nSPS) is 30.3. The molecule has 0 amide bonds. The molecule has 0 radical (unpaired) electrons. The molecular formula is C15H27NO2. The number of ketones is 1. The number of carbonyl (C=O) groups is 1. The lowest BCUT2D eigenvalue weighted by Crippen LogP contribution is -2.47. The number of nitrogens with zero attached hydrogens (tertiary/aromatic N) is 1. The number of hydrogen-bond donors (Lipinski definition) is 1. The van der Waals surface area contributed by atoms with E-state index in [0.29, 0.717) is 11.8 Å². The second-order valence-electron chi connectivity index (χ2n) is 6.08. The molecule has 0 aromatic heterocycles. The van der Waals surface area contributed by atoms with E-state index in [1.165, 1.54) is 6.42 Å². The van der Waals surface area contributed by atoms with Gasteiger partial charge in [0.2, 0.25) is 0 Å². The summed E-state index contributed by atoms with van der Waals surface area (Å²) in [5.41, 5.74) is -0.565. The molecule has 104 valence electrons. The molecule has 1 heterocycles. The van der Waals surface area contributed by atoms with Crippen molar-refractivity contribution in [2.24, 2.45) is 5.92 Å². The van der Waals surface area contributed by atoms with Crippen LogP contribution in [-0.4, -0.2) is 40.5 Å². The van der Waals surface area contributed by atoms with E-state index in [4.69, 9.17) is 0 Å². The summed E-state index contributed by atoms with van der Waals surface area (Å²) in [6.07, 6.45) is 6.83. The molecular weight excluding hydrogens is 226 g/mol. The summed E-state index contributed by atoms with van der Waals surface area (Å²) in [7, 11) is 0. The molecule has 1 aliphatic carbocycles. The molecule has 3 nitrogen and oxygen atoms in total. The summed E-state index contributed by atoms with van der Waals surface area (Å²) in [5.74, 6) is 0.717. The fourth-order valence-corrected chi connectivity index (χ4v) is 3.61. The molecule has 2 aliphatic rings. The van der Waals surface area contributed by atoms with Gasteiger partial charge in [-0.2, -0.15) is 0 Å². The molecule has 2 rings (SSSR count). The Labute approximate surface area is 111 Å². The number of rotatable bonds is 5. The zero-order chi connectivity index (χ0) is 13.2. The number of carbonyl (C=O) groups excluding carboxylic acids is 1. The van der Waals surface area contributed by atoms with Gasteiger partial charge in [0.05, 0.1) is 5.60 Å². The Balaban J connectivity index is 2.01. The number of Topliss-reactive ketones (excluding diaryl/α,β-unsaturated/α-hetero) is 1. The highest BCUT2D eigenvalue weighted by molar-refractivity contribution is 5.83. The third kappa shape index (κ3) is 2.77. The Morgan fingerprint density at radius 3 is 2.56 bits per heavy atom. The molecule has 1 saturated heterocycles. The predicted octanol–water partition coefficient (Wildman–Crippen LogP) is 2.37. The van der Waals surface area contributed by atoms with Crippen molar-refractivity contribution >= 4 is 5.78 Å². The van der Waals surface area contributed by atoms with E-state index in [1.807, 2.05) is 0 Å². The van der Waals surface area contributed by atoms with E-state index >= 15 is 0 Å². The quantitative estimate of drug-likeness (QED) is 0.818. The summed E-state index contributed by atoms with van der Waals surface area (Å²) >= 11 is 0. The average Bonchev–Trinajstić information content (AvgIpc) is 2.97. The second-order valence-corrected chi connectivity index (χ2v) is 6.08. The van der Waals surface area contributed by atoms with Crippen LogP contribution in [0.2, 0.25) is 0 Å². The second kappa shape index (κ2) is 5.70. The van der Waals surface area contributed by atoms with Crippen LogP contribution in [0.4, 0.5) is 0 Å². The lowest BCUT2D eigenvalue weighted by molar-refractivity contribution is -0.122. The largest absolute Gasteiger partial charge is 0.389 e. The Morgan fingerprint density at radius 2 is 2.00 bits per heavy atom. The summed E-state index contributed by atoms with van der Waals surface area (Å²) in [6, 6.07) is 0.407. The van der Waals surface area contributed by atoms with Crippen LogP contribution in [0.5, 0.6) is 0 Å². The molecule has 0 bridgehead atoms. The fourth-order valence-electron chi connectivity index (χ4n) is 3.61. The summed E-state index contributed by atoms with van der Waals surface area (Å²) in [5, 5.41) is 10.5. The minimum atomic E-state index is -0.565. The number of aliphatic hydroxyl groups is 1. The highest BCUT2D eigenvalue weighted by Crippen LogP contribution is 2.34. The van der Waals surface area contributed by atoms with Gasteiger partial charge in [0.25, 0.3) is 0 Å². The van der Waals surface area contributed by atoms with Crippen molar-refractivity contribution in [2.75, 3.05) is 13.1 Å². The summed E-state index contributed by atoms with van der Waals surface area (Å²) < 4.78 is 0. The highest BCUT2D eigenvalue weighted by Gasteiger charge is 2.40. The van der Waals surface area contributed by atoms with Crippen molar-refractivity contribution < 1.29 is 9.90 Å². The van der Waals surface area contributed by atoms with Gasteiger partial charge in [-0.05, 0) is 45.1 Å². The molecule has 0 aromatic rings. The molecule has 2 atom stereocenters. The van der Waals surface area contributed by atoms with Gasteiger partial charge >= 0.3 is 0 Å². The van der Waals surface area contributed by atoms with Crippen molar-refractivity contribution in [3.8, 4) is 0 Å². The van der Waals surface area contributed by atoms with Crippen LogP contribution in [0.15, 0.2) is 0 Å². The maximum atomic E-state index is 11.9. The zero-order valence-electron chi connectivity index (χ0n) is 11.8. The van der Waals surface area contributed by atoms with Crippen LogP contribution >= 0.6 is 0 Å². The van der Waals surface area contributed by atoms with Crippen LogP contribution in [0, 0.1) is 5.92 Å². The van der Waals surface area contributed by atoms with Crippen LogP contribution in [-0.2, 0) is 4.79 Å². The third-order valence-corrected chi connectivity index (χ3v) is 5.04. The monoisotopic (exact) mass is 253 g/mol. The van der Waals surface area contributed by atoms with Crippen LogP contribution in [0.3, 0.4) is 0 Å². The number of likely N-dealkylation sites (tertiary alicyclic amines) is 1. The molecule has 3 heteroatoms. The molecule has 18 heavy (non-hydrogen) atoms. The minimum Gasteiger partial charge on any atom is -0.389 e. The van der Waals surface area contributed by atoms with Gasteiger partial charge in [-0.25, -0.2) is 0 Å². The van der Waals surface area contributed by atoms with Crippen molar-refractivity contribution in [1.29, 1.82) is 0 Å². The van der Waals surface area contributed by atoms with E-state index in [0.717, 1.165) is 51.6 Å². The van der Waals surface area contributed by atoms with Crippen molar-refractivity contribution in [2.45, 2.75) is 70.4 Å². The highest BCUT2D eigenvalue weighted by atomic mass is 16.3. The third-order valence-electron chi connectivity index (χ3n) is 5.04. The average molecular weight is 253 g/mol. The maximum absolute atomic E-state index is 11.9. The van der Waals surface area contributed by atoms with E-state index < -0.39 is 5.60 Å². The zero-order valence-corrected chi connectivity index (χ0v) is 11.8. The Hall–Kier alpha value is -0.410. The van der Waals surface area contributed by atoms with E-state index in [-0.39, 0.29) is 5.92 Å². The van der Waals surface area contributed by atoms with Gasteiger partial charge < -0.3 is 5.11 Å². The summed E-state index contributed by atoms with van der Waals surface area (Å²) in [4.78, 5) is 14.3. The standard InChI is InChI=1S/C15H27NO2/c1-3-15(18,4-2)11-16-10-6-8-13(16)12-7-5-9-14(12)17/h12-13,18H,3-11H2,1-2H3. The van der Waals surface area contributed by atoms with Gasteiger partial charge in [0, 0.05) is 24.9 Å². The minimum absolute atomic E-state index is 0.255.